The number of amides is 1. The Morgan fingerprint density at radius 1 is 1.15 bits per heavy atom. The Bertz CT molecular complexity index is 738. The van der Waals surface area contributed by atoms with Crippen LogP contribution in [0.2, 0.25) is 0 Å². The van der Waals surface area contributed by atoms with Gasteiger partial charge in [0.1, 0.15) is 0 Å². The first-order chi connectivity index (χ1) is 12.7. The monoisotopic (exact) mass is 368 g/mol. The number of thioether (sulfide) groups is 1. The van der Waals surface area contributed by atoms with E-state index >= 15 is 0 Å². The van der Waals surface area contributed by atoms with Crippen LogP contribution >= 0.6 is 11.8 Å². The molecule has 0 bridgehead atoms. The van der Waals surface area contributed by atoms with Crippen LogP contribution in [0.15, 0.2) is 53.4 Å². The van der Waals surface area contributed by atoms with Crippen LogP contribution in [-0.2, 0) is 11.3 Å². The molecule has 1 aliphatic rings. The van der Waals surface area contributed by atoms with Gasteiger partial charge in [-0.1, -0.05) is 48.9 Å². The number of hydrogen-bond acceptors (Lipinski definition) is 3. The maximum Gasteiger partial charge on any atom is 0.227 e. The summed E-state index contributed by atoms with van der Waals surface area (Å²) in [5, 5.41) is 3.16. The van der Waals surface area contributed by atoms with E-state index in [1.165, 1.54) is 11.1 Å². The number of piperidine rings is 1. The molecule has 1 fully saturated rings. The van der Waals surface area contributed by atoms with E-state index in [9.17, 15) is 4.79 Å². The Balaban J connectivity index is 1.52. The zero-order chi connectivity index (χ0) is 18.4. The summed E-state index contributed by atoms with van der Waals surface area (Å²) in [4.78, 5) is 16.3. The lowest BCUT2D eigenvalue weighted by molar-refractivity contribution is -0.121. The zero-order valence-corrected chi connectivity index (χ0v) is 16.5. The van der Waals surface area contributed by atoms with Crippen molar-refractivity contribution in [1.29, 1.82) is 0 Å². The van der Waals surface area contributed by atoms with Crippen molar-refractivity contribution in [3.63, 3.8) is 0 Å². The predicted octanol–water partition coefficient (Wildman–Crippen LogP) is 4.96. The van der Waals surface area contributed by atoms with Crippen LogP contribution in [0.3, 0.4) is 0 Å². The molecule has 0 spiro atoms. The number of anilines is 1. The average molecular weight is 369 g/mol. The van der Waals surface area contributed by atoms with Gasteiger partial charge in [-0.3, -0.25) is 9.69 Å². The minimum absolute atomic E-state index is 0.114. The highest BCUT2D eigenvalue weighted by atomic mass is 32.2. The first-order valence-corrected chi connectivity index (χ1v) is 10.4. The number of nitrogens with zero attached hydrogens (tertiary/aromatic N) is 1. The van der Waals surface area contributed by atoms with Crippen LogP contribution in [0.5, 0.6) is 0 Å². The third kappa shape index (κ3) is 5.12. The Morgan fingerprint density at radius 3 is 2.65 bits per heavy atom. The molecule has 1 heterocycles. The zero-order valence-electron chi connectivity index (χ0n) is 15.7. The molecule has 1 N–H and O–H groups in total. The molecule has 0 unspecified atom stereocenters. The van der Waals surface area contributed by atoms with E-state index in [0.717, 1.165) is 48.8 Å². The van der Waals surface area contributed by atoms with Gasteiger partial charge < -0.3 is 5.32 Å². The van der Waals surface area contributed by atoms with E-state index in [0.29, 0.717) is 0 Å². The van der Waals surface area contributed by atoms with E-state index in [2.05, 4.69) is 54.4 Å². The van der Waals surface area contributed by atoms with Gasteiger partial charge in [0.2, 0.25) is 5.91 Å². The minimum atomic E-state index is 0.114. The van der Waals surface area contributed by atoms with Gasteiger partial charge in [-0.25, -0.2) is 0 Å². The second kappa shape index (κ2) is 9.24. The summed E-state index contributed by atoms with van der Waals surface area (Å²) in [6, 6.07) is 16.8. The van der Waals surface area contributed by atoms with Crippen molar-refractivity contribution in [2.24, 2.45) is 5.92 Å². The van der Waals surface area contributed by atoms with Crippen LogP contribution < -0.4 is 5.32 Å². The standard InChI is InChI=1S/C22H28N2OS/c1-3-26-21-10-5-4-9-20(21)23-22(25)19-11-13-24(14-12-19)16-18-8-6-7-17(2)15-18/h4-10,15,19H,3,11-14,16H2,1-2H3,(H,23,25). The molecule has 0 aromatic heterocycles. The number of aryl methyl sites for hydroxylation is 1. The largest absolute Gasteiger partial charge is 0.325 e. The number of rotatable bonds is 6. The molecule has 138 valence electrons. The summed E-state index contributed by atoms with van der Waals surface area (Å²) in [5.74, 6) is 1.29. The highest BCUT2D eigenvalue weighted by molar-refractivity contribution is 7.99. The molecule has 0 atom stereocenters. The maximum atomic E-state index is 12.7. The second-order valence-electron chi connectivity index (χ2n) is 6.96. The SMILES string of the molecule is CCSc1ccccc1NC(=O)C1CCN(Cc2cccc(C)c2)CC1. The van der Waals surface area contributed by atoms with E-state index in [4.69, 9.17) is 0 Å². The Labute approximate surface area is 161 Å². The summed E-state index contributed by atoms with van der Waals surface area (Å²) >= 11 is 1.77. The van der Waals surface area contributed by atoms with E-state index in [-0.39, 0.29) is 11.8 Å². The van der Waals surface area contributed by atoms with E-state index in [1.807, 2.05) is 18.2 Å². The van der Waals surface area contributed by atoms with Crippen molar-refractivity contribution in [2.45, 2.75) is 38.1 Å². The first kappa shape index (κ1) is 19.0. The number of benzene rings is 2. The van der Waals surface area contributed by atoms with Gasteiger partial charge in [0, 0.05) is 17.4 Å². The highest BCUT2D eigenvalue weighted by Gasteiger charge is 2.25. The second-order valence-corrected chi connectivity index (χ2v) is 8.26. The molecule has 1 amide bonds. The van der Waals surface area contributed by atoms with Gasteiger partial charge >= 0.3 is 0 Å². The molecule has 1 aliphatic heterocycles. The highest BCUT2D eigenvalue weighted by Crippen LogP contribution is 2.28. The predicted molar refractivity (Wildman–Crippen MR) is 111 cm³/mol. The van der Waals surface area contributed by atoms with Crippen molar-refractivity contribution in [1.82, 2.24) is 4.90 Å². The number of nitrogens with one attached hydrogen (secondary N) is 1. The van der Waals surface area contributed by atoms with E-state index in [1.54, 1.807) is 11.8 Å². The molecule has 26 heavy (non-hydrogen) atoms. The summed E-state index contributed by atoms with van der Waals surface area (Å²) < 4.78 is 0. The van der Waals surface area contributed by atoms with Gasteiger partial charge in [0.15, 0.2) is 0 Å². The summed E-state index contributed by atoms with van der Waals surface area (Å²) in [6.45, 7) is 7.21. The number of likely N-dealkylation sites (tertiary alicyclic amines) is 1. The molecular weight excluding hydrogens is 340 g/mol. The Kier molecular flexibility index (Phi) is 6.75. The normalized spacial score (nSPS) is 15.8. The van der Waals surface area contributed by atoms with Crippen LogP contribution in [0.1, 0.15) is 30.9 Å². The first-order valence-electron chi connectivity index (χ1n) is 9.46. The van der Waals surface area contributed by atoms with Crippen molar-refractivity contribution in [3.8, 4) is 0 Å². The number of carbonyl (C=O) groups excluding carboxylic acids is 1. The van der Waals surface area contributed by atoms with Crippen molar-refractivity contribution in [2.75, 3.05) is 24.2 Å². The molecule has 0 aliphatic carbocycles. The van der Waals surface area contributed by atoms with Gasteiger partial charge in [-0.05, 0) is 56.3 Å². The quantitative estimate of drug-likeness (QED) is 0.732. The van der Waals surface area contributed by atoms with Crippen LogP contribution in [0, 0.1) is 12.8 Å². The molecule has 0 radical (unpaired) electrons. The lowest BCUT2D eigenvalue weighted by atomic mass is 9.95. The molecule has 0 saturated carbocycles. The fourth-order valence-corrected chi connectivity index (χ4v) is 4.27. The topological polar surface area (TPSA) is 32.3 Å². The molecule has 3 rings (SSSR count). The summed E-state index contributed by atoms with van der Waals surface area (Å²) in [5.41, 5.74) is 3.62. The average Bonchev–Trinajstić information content (AvgIpc) is 2.64. The molecule has 2 aromatic rings. The summed E-state index contributed by atoms with van der Waals surface area (Å²) in [6.07, 6.45) is 1.86. The minimum Gasteiger partial charge on any atom is -0.325 e. The number of hydrogen-bond donors (Lipinski definition) is 1. The molecule has 2 aromatic carbocycles. The maximum absolute atomic E-state index is 12.7. The van der Waals surface area contributed by atoms with Crippen LogP contribution in [-0.4, -0.2) is 29.6 Å². The number of para-hydroxylation sites is 1. The third-order valence-corrected chi connectivity index (χ3v) is 5.85. The van der Waals surface area contributed by atoms with Gasteiger partial charge in [-0.2, -0.15) is 0 Å². The fraction of sp³-hybridized carbons (Fsp3) is 0.409. The number of carbonyl (C=O) groups is 1. The fourth-order valence-electron chi connectivity index (χ4n) is 3.51. The molecule has 1 saturated heterocycles. The van der Waals surface area contributed by atoms with Crippen molar-refractivity contribution in [3.05, 3.63) is 59.7 Å². The van der Waals surface area contributed by atoms with Gasteiger partial charge in [-0.15, -0.1) is 11.8 Å². The molecular formula is C22H28N2OS. The van der Waals surface area contributed by atoms with Crippen LogP contribution in [0.4, 0.5) is 5.69 Å². The Hall–Kier alpha value is -1.78. The molecule has 4 heteroatoms. The van der Waals surface area contributed by atoms with E-state index < -0.39 is 0 Å². The third-order valence-electron chi connectivity index (χ3n) is 4.89. The Morgan fingerprint density at radius 2 is 1.92 bits per heavy atom. The van der Waals surface area contributed by atoms with Crippen molar-refractivity contribution < 1.29 is 4.79 Å². The smallest absolute Gasteiger partial charge is 0.227 e. The summed E-state index contributed by atoms with van der Waals surface area (Å²) in [7, 11) is 0. The van der Waals surface area contributed by atoms with Gasteiger partial charge in [0.25, 0.3) is 0 Å². The van der Waals surface area contributed by atoms with Crippen LogP contribution in [0.25, 0.3) is 0 Å². The van der Waals surface area contributed by atoms with Crippen molar-refractivity contribution >= 4 is 23.4 Å². The lowest BCUT2D eigenvalue weighted by Gasteiger charge is -2.31. The van der Waals surface area contributed by atoms with Gasteiger partial charge in [0.05, 0.1) is 5.69 Å². The molecule has 3 nitrogen and oxygen atoms in total. The lowest BCUT2D eigenvalue weighted by Crippen LogP contribution is -2.37.